The van der Waals surface area contributed by atoms with E-state index in [4.69, 9.17) is 9.47 Å². The SMILES string of the molecule is COc1cc(C=O)cc(I)c1O[C@H]1C=C(C(=O)NCCO)C[C@@H](N(Cc2ccc(C)cc2)C(=O)C=C(C)C)[C@@H]1O. The van der Waals surface area contributed by atoms with E-state index in [9.17, 15) is 24.6 Å². The van der Waals surface area contributed by atoms with Crippen LogP contribution in [0.15, 0.2) is 59.7 Å². The van der Waals surface area contributed by atoms with Crippen molar-refractivity contribution in [2.24, 2.45) is 0 Å². The zero-order valence-corrected chi connectivity index (χ0v) is 25.2. The van der Waals surface area contributed by atoms with Gasteiger partial charge in [-0.1, -0.05) is 35.4 Å². The van der Waals surface area contributed by atoms with Crippen LogP contribution in [0.25, 0.3) is 0 Å². The highest BCUT2D eigenvalue weighted by Gasteiger charge is 2.40. The summed E-state index contributed by atoms with van der Waals surface area (Å²) in [5.74, 6) is -0.143. The fourth-order valence-electron chi connectivity index (χ4n) is 4.42. The molecule has 0 saturated carbocycles. The number of nitrogens with zero attached hydrogens (tertiary/aromatic N) is 1. The molecule has 9 nitrogen and oxygen atoms in total. The first kappa shape index (κ1) is 31.3. The number of aldehydes is 1. The Balaban J connectivity index is 2.07. The lowest BCUT2D eigenvalue weighted by Gasteiger charge is -2.40. The summed E-state index contributed by atoms with van der Waals surface area (Å²) < 4.78 is 12.3. The van der Waals surface area contributed by atoms with Crippen molar-refractivity contribution in [1.29, 1.82) is 0 Å². The first-order valence-corrected chi connectivity index (χ1v) is 13.9. The number of halogens is 1. The summed E-state index contributed by atoms with van der Waals surface area (Å²) in [6.07, 6.45) is 1.57. The predicted octanol–water partition coefficient (Wildman–Crippen LogP) is 3.33. The van der Waals surface area contributed by atoms with E-state index in [0.717, 1.165) is 16.7 Å². The van der Waals surface area contributed by atoms with E-state index in [0.29, 0.717) is 32.5 Å². The number of carbonyl (C=O) groups excluding carboxylic acids is 3. The molecule has 10 heteroatoms. The predicted molar refractivity (Wildman–Crippen MR) is 159 cm³/mol. The van der Waals surface area contributed by atoms with E-state index in [2.05, 4.69) is 5.32 Å². The first-order valence-electron chi connectivity index (χ1n) is 12.9. The summed E-state index contributed by atoms with van der Waals surface area (Å²) in [5.41, 5.74) is 3.44. The number of aliphatic hydroxyl groups is 2. The molecule has 214 valence electrons. The van der Waals surface area contributed by atoms with Crippen molar-refractivity contribution in [3.05, 3.63) is 80.0 Å². The lowest BCUT2D eigenvalue weighted by atomic mass is 9.87. The van der Waals surface area contributed by atoms with Crippen LogP contribution in [-0.4, -0.2) is 71.7 Å². The number of carbonyl (C=O) groups is 3. The summed E-state index contributed by atoms with van der Waals surface area (Å²) >= 11 is 2.01. The number of nitrogens with one attached hydrogen (secondary N) is 1. The van der Waals surface area contributed by atoms with Crippen molar-refractivity contribution in [1.82, 2.24) is 10.2 Å². The second kappa shape index (κ2) is 14.4. The number of amides is 2. The smallest absolute Gasteiger partial charge is 0.247 e. The number of hydrogen-bond donors (Lipinski definition) is 3. The molecule has 1 aliphatic rings. The van der Waals surface area contributed by atoms with Crippen LogP contribution >= 0.6 is 22.6 Å². The average molecular weight is 663 g/mol. The molecule has 0 bridgehead atoms. The molecule has 3 N–H and O–H groups in total. The van der Waals surface area contributed by atoms with Gasteiger partial charge >= 0.3 is 0 Å². The van der Waals surface area contributed by atoms with Crippen LogP contribution in [0.4, 0.5) is 0 Å². The number of ether oxygens (including phenoxy) is 2. The standard InChI is InChI=1S/C30H35IN2O7/c1-18(2)11-27(36)33(16-20-7-5-19(3)6-8-20)24-14-22(30(38)32-9-10-34)15-25(28(24)37)40-29-23(31)12-21(17-35)13-26(29)39-4/h5-8,11-13,15,17,24-25,28,34,37H,9-10,14,16H2,1-4H3,(H,32,38)/t24-,25+,28+/m1/s1. The minimum Gasteiger partial charge on any atom is -0.493 e. The lowest BCUT2D eigenvalue weighted by Crippen LogP contribution is -2.54. The Hall–Kier alpha value is -3.22. The molecule has 0 radical (unpaired) electrons. The molecule has 0 saturated heterocycles. The Labute approximate surface area is 248 Å². The molecular weight excluding hydrogens is 627 g/mol. The van der Waals surface area contributed by atoms with Crippen molar-refractivity contribution >= 4 is 40.7 Å². The maximum atomic E-state index is 13.5. The highest BCUT2D eigenvalue weighted by Crippen LogP contribution is 2.37. The van der Waals surface area contributed by atoms with Crippen LogP contribution in [0.2, 0.25) is 0 Å². The average Bonchev–Trinajstić information content (AvgIpc) is 2.92. The van der Waals surface area contributed by atoms with Gasteiger partial charge in [-0.3, -0.25) is 14.4 Å². The van der Waals surface area contributed by atoms with E-state index in [1.54, 1.807) is 11.0 Å². The molecule has 3 rings (SSSR count). The zero-order chi connectivity index (χ0) is 29.4. The molecule has 0 fully saturated rings. The number of benzene rings is 2. The summed E-state index contributed by atoms with van der Waals surface area (Å²) in [5, 5.41) is 23.5. The molecule has 3 atom stereocenters. The van der Waals surface area contributed by atoms with Crippen LogP contribution < -0.4 is 14.8 Å². The molecule has 2 aromatic carbocycles. The molecule has 2 amide bonds. The Bertz CT molecular complexity index is 1290. The maximum absolute atomic E-state index is 13.5. The van der Waals surface area contributed by atoms with E-state index < -0.39 is 24.2 Å². The third-order valence-corrected chi connectivity index (χ3v) is 7.23. The highest BCUT2D eigenvalue weighted by atomic mass is 127. The Morgan fingerprint density at radius 1 is 1.20 bits per heavy atom. The summed E-state index contributed by atoms with van der Waals surface area (Å²) in [6, 6.07) is 10.1. The van der Waals surface area contributed by atoms with Gasteiger partial charge in [-0.05, 0) is 67.1 Å². The second-order valence-corrected chi connectivity index (χ2v) is 11.0. The Kier molecular flexibility index (Phi) is 11.3. The number of aryl methyl sites for hydroxylation is 1. The molecule has 40 heavy (non-hydrogen) atoms. The van der Waals surface area contributed by atoms with Gasteiger partial charge in [-0.25, -0.2) is 0 Å². The molecule has 2 aromatic rings. The van der Waals surface area contributed by atoms with E-state index in [-0.39, 0.29) is 32.0 Å². The number of hydrogen-bond acceptors (Lipinski definition) is 7. The normalized spacial score (nSPS) is 18.3. The van der Waals surface area contributed by atoms with Crippen molar-refractivity contribution in [3.8, 4) is 11.5 Å². The Morgan fingerprint density at radius 2 is 1.90 bits per heavy atom. The van der Waals surface area contributed by atoms with Gasteiger partial charge in [0.1, 0.15) is 18.5 Å². The third kappa shape index (κ3) is 7.92. The van der Waals surface area contributed by atoms with Gasteiger partial charge in [-0.15, -0.1) is 0 Å². The van der Waals surface area contributed by atoms with Gasteiger partial charge in [0.25, 0.3) is 0 Å². The molecule has 0 spiro atoms. The largest absolute Gasteiger partial charge is 0.493 e. The number of methoxy groups -OCH3 is 1. The second-order valence-electron chi connectivity index (χ2n) is 9.84. The molecule has 0 aromatic heterocycles. The van der Waals surface area contributed by atoms with Crippen LogP contribution in [0.5, 0.6) is 11.5 Å². The number of allylic oxidation sites excluding steroid dienone is 1. The van der Waals surface area contributed by atoms with Gasteiger partial charge in [0, 0.05) is 36.7 Å². The molecule has 1 aliphatic carbocycles. The van der Waals surface area contributed by atoms with Crippen LogP contribution in [-0.2, 0) is 16.1 Å². The minimum absolute atomic E-state index is 0.0531. The topological polar surface area (TPSA) is 125 Å². The minimum atomic E-state index is -1.21. The quantitative estimate of drug-likeness (QED) is 0.192. The number of rotatable bonds is 11. The highest BCUT2D eigenvalue weighted by molar-refractivity contribution is 14.1. The molecule has 0 heterocycles. The summed E-state index contributed by atoms with van der Waals surface area (Å²) in [6.45, 7) is 5.63. The van der Waals surface area contributed by atoms with Crippen LogP contribution in [0.1, 0.15) is 41.8 Å². The monoisotopic (exact) mass is 662 g/mol. The van der Waals surface area contributed by atoms with Crippen molar-refractivity contribution in [2.45, 2.75) is 52.0 Å². The van der Waals surface area contributed by atoms with Gasteiger partial charge in [-0.2, -0.15) is 0 Å². The van der Waals surface area contributed by atoms with Crippen molar-refractivity contribution in [2.75, 3.05) is 20.3 Å². The molecule has 0 aliphatic heterocycles. The summed E-state index contributed by atoms with van der Waals surface area (Å²) in [7, 11) is 1.44. The van der Waals surface area contributed by atoms with Crippen molar-refractivity contribution in [3.63, 3.8) is 0 Å². The number of aliphatic hydroxyl groups excluding tert-OH is 2. The van der Waals surface area contributed by atoms with Crippen LogP contribution in [0, 0.1) is 10.5 Å². The van der Waals surface area contributed by atoms with Gasteiger partial charge < -0.3 is 29.9 Å². The fraction of sp³-hybridized carbons (Fsp3) is 0.367. The van der Waals surface area contributed by atoms with Gasteiger partial charge in [0.05, 0.1) is 23.3 Å². The first-order chi connectivity index (χ1) is 19.1. The molecular formula is C30H35IN2O7. The molecule has 0 unspecified atom stereocenters. The van der Waals surface area contributed by atoms with Gasteiger partial charge in [0.15, 0.2) is 11.5 Å². The van der Waals surface area contributed by atoms with Gasteiger partial charge in [0.2, 0.25) is 11.8 Å². The zero-order valence-electron chi connectivity index (χ0n) is 23.0. The Morgan fingerprint density at radius 3 is 2.50 bits per heavy atom. The van der Waals surface area contributed by atoms with E-state index in [1.165, 1.54) is 25.3 Å². The van der Waals surface area contributed by atoms with E-state index >= 15 is 0 Å². The maximum Gasteiger partial charge on any atom is 0.247 e. The van der Waals surface area contributed by atoms with Crippen LogP contribution in [0.3, 0.4) is 0 Å². The lowest BCUT2D eigenvalue weighted by molar-refractivity contribution is -0.134. The summed E-state index contributed by atoms with van der Waals surface area (Å²) in [4.78, 5) is 39.5. The third-order valence-electron chi connectivity index (χ3n) is 6.43. The van der Waals surface area contributed by atoms with E-state index in [1.807, 2.05) is 67.6 Å². The fourth-order valence-corrected chi connectivity index (χ4v) is 5.17. The van der Waals surface area contributed by atoms with Crippen molar-refractivity contribution < 1.29 is 34.1 Å².